The van der Waals surface area contributed by atoms with Crippen LogP contribution in [0.3, 0.4) is 0 Å². The number of aromatic nitrogens is 4. The first-order valence-electron chi connectivity index (χ1n) is 8.84. The van der Waals surface area contributed by atoms with Crippen LogP contribution in [0.1, 0.15) is 43.3 Å². The van der Waals surface area contributed by atoms with E-state index in [0.717, 1.165) is 43.7 Å². The van der Waals surface area contributed by atoms with Gasteiger partial charge >= 0.3 is 0 Å². The maximum Gasteiger partial charge on any atom is 0.240 e. The predicted octanol–water partition coefficient (Wildman–Crippen LogP) is 3.20. The Morgan fingerprint density at radius 3 is 2.77 bits per heavy atom. The molecule has 3 aromatic rings. The van der Waals surface area contributed by atoms with E-state index in [1.807, 2.05) is 6.92 Å². The van der Waals surface area contributed by atoms with Crippen molar-refractivity contribution in [1.29, 1.82) is 0 Å². The Hall–Kier alpha value is -2.61. The monoisotopic (exact) mass is 357 g/mol. The van der Waals surface area contributed by atoms with Crippen LogP contribution in [0.15, 0.2) is 33.3 Å². The minimum absolute atomic E-state index is 0.166. The molecule has 4 rings (SSSR count). The zero-order chi connectivity index (χ0) is 17.9. The average molecular weight is 357 g/mol. The number of rotatable bonds is 5. The zero-order valence-corrected chi connectivity index (χ0v) is 14.6. The summed E-state index contributed by atoms with van der Waals surface area (Å²) in [5.41, 5.74) is 0.743. The highest BCUT2D eigenvalue weighted by Crippen LogP contribution is 2.28. The van der Waals surface area contributed by atoms with Crippen molar-refractivity contribution in [1.82, 2.24) is 25.2 Å². The normalized spacial score (nSPS) is 18.3. The van der Waals surface area contributed by atoms with E-state index in [-0.39, 0.29) is 11.7 Å². The second kappa shape index (κ2) is 7.33. The standard InChI is InChI=1S/C18H20FN5O2/c1-2-15-20-16(25-22-15)11-24-9-3-4-13(10-24)18-21-17(23-26-18)12-5-7-14(19)8-6-12/h5-8,13H,2-4,9-11H2,1H3. The van der Waals surface area contributed by atoms with Crippen LogP contribution < -0.4 is 0 Å². The number of likely N-dealkylation sites (tertiary alicyclic amines) is 1. The maximum atomic E-state index is 13.1. The summed E-state index contributed by atoms with van der Waals surface area (Å²) in [5, 5.41) is 7.99. The molecule has 26 heavy (non-hydrogen) atoms. The molecule has 8 heteroatoms. The highest BCUT2D eigenvalue weighted by Gasteiger charge is 2.27. The van der Waals surface area contributed by atoms with Gasteiger partial charge in [0.1, 0.15) is 5.82 Å². The lowest BCUT2D eigenvalue weighted by molar-refractivity contribution is 0.162. The number of halogens is 1. The molecule has 3 heterocycles. The van der Waals surface area contributed by atoms with E-state index in [4.69, 9.17) is 9.05 Å². The molecule has 1 fully saturated rings. The van der Waals surface area contributed by atoms with Gasteiger partial charge in [0.25, 0.3) is 0 Å². The Bertz CT molecular complexity index is 861. The summed E-state index contributed by atoms with van der Waals surface area (Å²) >= 11 is 0. The lowest BCUT2D eigenvalue weighted by Crippen LogP contribution is -2.34. The van der Waals surface area contributed by atoms with Gasteiger partial charge in [-0.1, -0.05) is 17.2 Å². The summed E-state index contributed by atoms with van der Waals surface area (Å²) in [4.78, 5) is 11.2. The van der Waals surface area contributed by atoms with Gasteiger partial charge in [0.05, 0.1) is 12.5 Å². The van der Waals surface area contributed by atoms with Gasteiger partial charge in [-0.3, -0.25) is 4.90 Å². The van der Waals surface area contributed by atoms with Gasteiger partial charge in [-0.05, 0) is 43.7 Å². The molecule has 1 saturated heterocycles. The minimum Gasteiger partial charge on any atom is -0.339 e. The summed E-state index contributed by atoms with van der Waals surface area (Å²) in [6, 6.07) is 6.08. The fourth-order valence-electron chi connectivity index (χ4n) is 3.21. The van der Waals surface area contributed by atoms with Gasteiger partial charge in [-0.15, -0.1) is 0 Å². The van der Waals surface area contributed by atoms with Crippen LogP contribution in [0, 0.1) is 5.82 Å². The first-order chi connectivity index (χ1) is 12.7. The highest BCUT2D eigenvalue weighted by atomic mass is 19.1. The van der Waals surface area contributed by atoms with Crippen LogP contribution in [-0.2, 0) is 13.0 Å². The Labute approximate surface area is 150 Å². The van der Waals surface area contributed by atoms with E-state index in [0.29, 0.717) is 24.2 Å². The highest BCUT2D eigenvalue weighted by molar-refractivity contribution is 5.53. The van der Waals surface area contributed by atoms with Crippen LogP contribution in [-0.4, -0.2) is 38.3 Å². The number of aryl methyl sites for hydroxylation is 1. The Morgan fingerprint density at radius 2 is 2.00 bits per heavy atom. The molecule has 0 aliphatic carbocycles. The molecular weight excluding hydrogens is 337 g/mol. The van der Waals surface area contributed by atoms with E-state index >= 15 is 0 Å². The minimum atomic E-state index is -0.285. The Balaban J connectivity index is 1.43. The topological polar surface area (TPSA) is 81.1 Å². The predicted molar refractivity (Wildman–Crippen MR) is 90.6 cm³/mol. The fourth-order valence-corrected chi connectivity index (χ4v) is 3.21. The third-order valence-corrected chi connectivity index (χ3v) is 4.58. The van der Waals surface area contributed by atoms with Gasteiger partial charge in [0.2, 0.25) is 17.6 Å². The van der Waals surface area contributed by atoms with Gasteiger partial charge in [0, 0.05) is 18.5 Å². The molecule has 0 amide bonds. The zero-order valence-electron chi connectivity index (χ0n) is 14.6. The molecule has 0 bridgehead atoms. The Kier molecular flexibility index (Phi) is 4.75. The van der Waals surface area contributed by atoms with Crippen molar-refractivity contribution in [2.45, 2.75) is 38.6 Å². The molecule has 1 aliphatic rings. The number of hydrogen-bond donors (Lipinski definition) is 0. The van der Waals surface area contributed by atoms with Crippen molar-refractivity contribution in [2.75, 3.05) is 13.1 Å². The van der Waals surface area contributed by atoms with Gasteiger partial charge in [-0.2, -0.15) is 9.97 Å². The second-order valence-electron chi connectivity index (χ2n) is 6.50. The van der Waals surface area contributed by atoms with Crippen LogP contribution in [0.4, 0.5) is 4.39 Å². The van der Waals surface area contributed by atoms with Gasteiger partial charge in [0.15, 0.2) is 5.82 Å². The van der Waals surface area contributed by atoms with Crippen molar-refractivity contribution < 1.29 is 13.4 Å². The summed E-state index contributed by atoms with van der Waals surface area (Å²) in [6.45, 7) is 4.40. The number of nitrogens with zero attached hydrogens (tertiary/aromatic N) is 5. The summed E-state index contributed by atoms with van der Waals surface area (Å²) < 4.78 is 23.8. The lowest BCUT2D eigenvalue weighted by atomic mass is 9.98. The summed E-state index contributed by atoms with van der Waals surface area (Å²) in [5.74, 6) is 2.36. The van der Waals surface area contributed by atoms with E-state index in [2.05, 4.69) is 25.2 Å². The van der Waals surface area contributed by atoms with E-state index in [1.54, 1.807) is 12.1 Å². The maximum absolute atomic E-state index is 13.1. The fraction of sp³-hybridized carbons (Fsp3) is 0.444. The molecule has 0 radical (unpaired) electrons. The molecule has 1 atom stereocenters. The van der Waals surface area contributed by atoms with Gasteiger partial charge in [-0.25, -0.2) is 4.39 Å². The molecule has 1 unspecified atom stereocenters. The first kappa shape index (κ1) is 16.8. The van der Waals surface area contributed by atoms with Crippen LogP contribution in [0.25, 0.3) is 11.4 Å². The Morgan fingerprint density at radius 1 is 1.15 bits per heavy atom. The van der Waals surface area contributed by atoms with Crippen molar-refractivity contribution in [3.63, 3.8) is 0 Å². The average Bonchev–Trinajstić information content (AvgIpc) is 3.32. The third-order valence-electron chi connectivity index (χ3n) is 4.58. The van der Waals surface area contributed by atoms with E-state index in [1.165, 1.54) is 12.1 Å². The van der Waals surface area contributed by atoms with Crippen molar-refractivity contribution in [3.8, 4) is 11.4 Å². The second-order valence-corrected chi connectivity index (χ2v) is 6.50. The van der Waals surface area contributed by atoms with Crippen molar-refractivity contribution in [2.24, 2.45) is 0 Å². The lowest BCUT2D eigenvalue weighted by Gasteiger charge is -2.29. The molecule has 2 aromatic heterocycles. The number of benzene rings is 1. The number of piperidine rings is 1. The van der Waals surface area contributed by atoms with Crippen LogP contribution in [0.2, 0.25) is 0 Å². The quantitative estimate of drug-likeness (QED) is 0.693. The van der Waals surface area contributed by atoms with Crippen molar-refractivity contribution >= 4 is 0 Å². The molecule has 1 aliphatic heterocycles. The summed E-state index contributed by atoms with van der Waals surface area (Å²) in [7, 11) is 0. The first-order valence-corrected chi connectivity index (χ1v) is 8.84. The SMILES string of the molecule is CCc1noc(CN2CCCC(c3nc(-c4ccc(F)cc4)no3)C2)n1. The smallest absolute Gasteiger partial charge is 0.240 e. The molecule has 0 saturated carbocycles. The molecular formula is C18H20FN5O2. The van der Waals surface area contributed by atoms with E-state index in [9.17, 15) is 4.39 Å². The largest absolute Gasteiger partial charge is 0.339 e. The van der Waals surface area contributed by atoms with Crippen LogP contribution >= 0.6 is 0 Å². The molecule has 7 nitrogen and oxygen atoms in total. The van der Waals surface area contributed by atoms with Gasteiger partial charge < -0.3 is 9.05 Å². The number of hydrogen-bond acceptors (Lipinski definition) is 7. The van der Waals surface area contributed by atoms with Crippen LogP contribution in [0.5, 0.6) is 0 Å². The van der Waals surface area contributed by atoms with E-state index < -0.39 is 0 Å². The van der Waals surface area contributed by atoms with Crippen molar-refractivity contribution in [3.05, 3.63) is 47.7 Å². The molecule has 1 aromatic carbocycles. The summed E-state index contributed by atoms with van der Waals surface area (Å²) in [6.07, 6.45) is 2.79. The third kappa shape index (κ3) is 3.65. The molecule has 0 N–H and O–H groups in total. The molecule has 0 spiro atoms. The molecule has 136 valence electrons.